The predicted octanol–water partition coefficient (Wildman–Crippen LogP) is 9.88. The molecule has 2 heteroatoms. The summed E-state index contributed by atoms with van der Waals surface area (Å²) in [5.74, 6) is 1.34. The number of hydrogen-bond donors (Lipinski definition) is 0. The van der Waals surface area contributed by atoms with E-state index in [1.807, 2.05) is 0 Å². The van der Waals surface area contributed by atoms with Gasteiger partial charge in [0.25, 0.3) is 0 Å². The number of rotatable bonds is 22. The molecule has 192 valence electrons. The second kappa shape index (κ2) is 19.7. The normalized spacial score (nSPS) is 11.4. The molecule has 0 atom stereocenters. The van der Waals surface area contributed by atoms with Crippen LogP contribution in [0.2, 0.25) is 0 Å². The molecule has 0 radical (unpaired) electrons. The Balaban J connectivity index is 1.60. The van der Waals surface area contributed by atoms with E-state index in [0.717, 1.165) is 25.8 Å². The first-order chi connectivity index (χ1) is 16.8. The van der Waals surface area contributed by atoms with Gasteiger partial charge in [0, 0.05) is 19.2 Å². The second-order valence-corrected chi connectivity index (χ2v) is 10.4. The lowest BCUT2D eigenvalue weighted by molar-refractivity contribution is 0.532. The number of aryl methyl sites for hydroxylation is 4. The molecule has 0 aliphatic rings. The molecule has 2 rings (SSSR count). The van der Waals surface area contributed by atoms with Crippen molar-refractivity contribution >= 4 is 0 Å². The highest BCUT2D eigenvalue weighted by atomic mass is 15.1. The van der Waals surface area contributed by atoms with Crippen LogP contribution in [-0.2, 0) is 25.8 Å². The van der Waals surface area contributed by atoms with Crippen LogP contribution in [0.5, 0.6) is 0 Å². The van der Waals surface area contributed by atoms with E-state index in [-0.39, 0.29) is 0 Å². The van der Waals surface area contributed by atoms with Gasteiger partial charge in [0.1, 0.15) is 5.82 Å². The zero-order valence-electron chi connectivity index (χ0n) is 22.7. The van der Waals surface area contributed by atoms with Gasteiger partial charge in [-0.1, -0.05) is 134 Å². The largest absolute Gasteiger partial charge is 0.335 e. The lowest BCUT2D eigenvalue weighted by Crippen LogP contribution is -2.03. The van der Waals surface area contributed by atoms with Crippen molar-refractivity contribution in [3.05, 3.63) is 53.6 Å². The fourth-order valence-corrected chi connectivity index (χ4v) is 4.98. The summed E-state index contributed by atoms with van der Waals surface area (Å²) in [6, 6.07) is 10.9. The van der Waals surface area contributed by atoms with Gasteiger partial charge in [-0.15, -0.1) is 0 Å². The van der Waals surface area contributed by atoms with Crippen molar-refractivity contribution in [2.45, 2.75) is 149 Å². The van der Waals surface area contributed by atoms with E-state index in [1.54, 1.807) is 0 Å². The second-order valence-electron chi connectivity index (χ2n) is 10.4. The summed E-state index contributed by atoms with van der Waals surface area (Å²) in [5, 5.41) is 0. The third kappa shape index (κ3) is 13.4. The van der Waals surface area contributed by atoms with Gasteiger partial charge >= 0.3 is 0 Å². The van der Waals surface area contributed by atoms with Crippen molar-refractivity contribution in [2.24, 2.45) is 0 Å². The highest BCUT2D eigenvalue weighted by molar-refractivity contribution is 5.15. The zero-order valence-corrected chi connectivity index (χ0v) is 22.7. The van der Waals surface area contributed by atoms with Crippen LogP contribution in [-0.4, -0.2) is 9.55 Å². The molecule has 0 fully saturated rings. The molecular weight excluding hydrogens is 412 g/mol. The van der Waals surface area contributed by atoms with Gasteiger partial charge in [-0.2, -0.15) is 0 Å². The molecular formula is C32H54N2. The quantitative estimate of drug-likeness (QED) is 0.158. The molecule has 0 aliphatic heterocycles. The fraction of sp³-hybridized carbons (Fsp3) is 0.719. The van der Waals surface area contributed by atoms with Crippen molar-refractivity contribution in [1.82, 2.24) is 9.55 Å². The standard InChI is InChI=1S/C32H54N2/c1-3-5-7-8-9-10-11-12-13-14-15-16-20-27-32-33-31(29-34(32)28-21-6-4-2)26-22-25-30-23-18-17-19-24-30/h17-19,23-24,29H,3-16,20-22,25-28H2,1-2H3. The molecule has 0 saturated carbocycles. The smallest absolute Gasteiger partial charge is 0.108 e. The van der Waals surface area contributed by atoms with E-state index in [4.69, 9.17) is 4.98 Å². The van der Waals surface area contributed by atoms with Crippen molar-refractivity contribution in [3.8, 4) is 0 Å². The Kier molecular flexibility index (Phi) is 16.6. The minimum atomic E-state index is 1.10. The highest BCUT2D eigenvalue weighted by Gasteiger charge is 2.08. The summed E-state index contributed by atoms with van der Waals surface area (Å²) in [5.41, 5.74) is 2.74. The maximum atomic E-state index is 5.08. The third-order valence-electron chi connectivity index (χ3n) is 7.16. The molecule has 1 aromatic carbocycles. The molecule has 1 heterocycles. The maximum Gasteiger partial charge on any atom is 0.108 e. The molecule has 0 N–H and O–H groups in total. The van der Waals surface area contributed by atoms with E-state index in [1.165, 1.54) is 126 Å². The van der Waals surface area contributed by atoms with Gasteiger partial charge < -0.3 is 4.57 Å². The van der Waals surface area contributed by atoms with E-state index in [2.05, 4.69) is 54.9 Å². The summed E-state index contributed by atoms with van der Waals surface area (Å²) in [7, 11) is 0. The third-order valence-corrected chi connectivity index (χ3v) is 7.16. The molecule has 0 unspecified atom stereocenters. The molecule has 2 aromatic rings. The van der Waals surface area contributed by atoms with Gasteiger partial charge in [0.15, 0.2) is 0 Å². The topological polar surface area (TPSA) is 17.8 Å². The number of imidazole rings is 1. The Morgan fingerprint density at radius 3 is 1.74 bits per heavy atom. The first-order valence-electron chi connectivity index (χ1n) is 14.9. The van der Waals surface area contributed by atoms with Gasteiger partial charge in [-0.05, 0) is 37.7 Å². The van der Waals surface area contributed by atoms with Crippen molar-refractivity contribution in [1.29, 1.82) is 0 Å². The van der Waals surface area contributed by atoms with Crippen LogP contribution in [0.1, 0.15) is 140 Å². The zero-order chi connectivity index (χ0) is 24.1. The van der Waals surface area contributed by atoms with Gasteiger partial charge in [0.05, 0.1) is 5.69 Å². The van der Waals surface area contributed by atoms with Crippen molar-refractivity contribution in [2.75, 3.05) is 0 Å². The van der Waals surface area contributed by atoms with Crippen LogP contribution in [0, 0.1) is 0 Å². The average Bonchev–Trinajstić information content (AvgIpc) is 3.24. The molecule has 0 bridgehead atoms. The van der Waals surface area contributed by atoms with Crippen LogP contribution >= 0.6 is 0 Å². The first-order valence-corrected chi connectivity index (χ1v) is 14.9. The summed E-state index contributed by atoms with van der Waals surface area (Å²) in [6.07, 6.45) is 29.3. The van der Waals surface area contributed by atoms with Crippen molar-refractivity contribution < 1.29 is 0 Å². The van der Waals surface area contributed by atoms with Crippen LogP contribution in [0.15, 0.2) is 36.5 Å². The Bertz CT molecular complexity index is 703. The fourth-order valence-electron chi connectivity index (χ4n) is 4.98. The predicted molar refractivity (Wildman–Crippen MR) is 150 cm³/mol. The van der Waals surface area contributed by atoms with Crippen LogP contribution in [0.3, 0.4) is 0 Å². The number of aromatic nitrogens is 2. The maximum absolute atomic E-state index is 5.08. The monoisotopic (exact) mass is 466 g/mol. The number of benzene rings is 1. The number of nitrogens with zero attached hydrogens (tertiary/aromatic N) is 2. The SMILES string of the molecule is CCCCCCCCCCCCCCCc1nc(CCCc2ccccc2)cn1CCCCC. The summed E-state index contributed by atoms with van der Waals surface area (Å²) < 4.78 is 2.48. The molecule has 34 heavy (non-hydrogen) atoms. The average molecular weight is 467 g/mol. The summed E-state index contributed by atoms with van der Waals surface area (Å²) in [4.78, 5) is 5.08. The Hall–Kier alpha value is -1.57. The van der Waals surface area contributed by atoms with Crippen LogP contribution in [0.4, 0.5) is 0 Å². The Labute approximate surface area is 212 Å². The van der Waals surface area contributed by atoms with Gasteiger partial charge in [-0.25, -0.2) is 4.98 Å². The number of hydrogen-bond acceptors (Lipinski definition) is 1. The molecule has 0 saturated heterocycles. The van der Waals surface area contributed by atoms with E-state index >= 15 is 0 Å². The van der Waals surface area contributed by atoms with Crippen molar-refractivity contribution in [3.63, 3.8) is 0 Å². The molecule has 0 aliphatic carbocycles. The molecule has 2 nitrogen and oxygen atoms in total. The summed E-state index contributed by atoms with van der Waals surface area (Å²) >= 11 is 0. The highest BCUT2D eigenvalue weighted by Crippen LogP contribution is 2.16. The van der Waals surface area contributed by atoms with Gasteiger partial charge in [0.2, 0.25) is 0 Å². The summed E-state index contributed by atoms with van der Waals surface area (Å²) in [6.45, 7) is 5.73. The lowest BCUT2D eigenvalue weighted by atomic mass is 10.0. The lowest BCUT2D eigenvalue weighted by Gasteiger charge is -2.07. The van der Waals surface area contributed by atoms with Gasteiger partial charge in [-0.3, -0.25) is 0 Å². The first kappa shape index (κ1) is 28.7. The minimum Gasteiger partial charge on any atom is -0.335 e. The van der Waals surface area contributed by atoms with E-state index in [0.29, 0.717) is 0 Å². The van der Waals surface area contributed by atoms with Crippen LogP contribution < -0.4 is 0 Å². The molecule has 0 spiro atoms. The minimum absolute atomic E-state index is 1.10. The van der Waals surface area contributed by atoms with Crippen LogP contribution in [0.25, 0.3) is 0 Å². The Morgan fingerprint density at radius 1 is 0.559 bits per heavy atom. The number of unbranched alkanes of at least 4 members (excludes halogenated alkanes) is 14. The molecule has 1 aromatic heterocycles. The Morgan fingerprint density at radius 2 is 1.12 bits per heavy atom. The van der Waals surface area contributed by atoms with E-state index in [9.17, 15) is 0 Å². The van der Waals surface area contributed by atoms with E-state index < -0.39 is 0 Å². The molecule has 0 amide bonds.